The molecule has 0 aliphatic rings. The molecule has 0 fully saturated rings. The molecule has 3 aromatic rings. The van der Waals surface area contributed by atoms with Crippen molar-refractivity contribution in [3.8, 4) is 0 Å². The van der Waals surface area contributed by atoms with E-state index in [1.54, 1.807) is 36.4 Å². The van der Waals surface area contributed by atoms with Gasteiger partial charge in [-0.05, 0) is 36.2 Å². The number of aromatic nitrogens is 2. The fourth-order valence-corrected chi connectivity index (χ4v) is 3.43. The molecule has 0 bridgehead atoms. The van der Waals surface area contributed by atoms with Crippen molar-refractivity contribution in [1.29, 1.82) is 0 Å². The van der Waals surface area contributed by atoms with Gasteiger partial charge in [-0.3, -0.25) is 9.59 Å². The molecule has 0 saturated carbocycles. The van der Waals surface area contributed by atoms with Crippen molar-refractivity contribution in [2.24, 2.45) is 0 Å². The van der Waals surface area contributed by atoms with Crippen molar-refractivity contribution in [3.63, 3.8) is 0 Å². The van der Waals surface area contributed by atoms with E-state index in [1.165, 1.54) is 0 Å². The Labute approximate surface area is 192 Å². The van der Waals surface area contributed by atoms with Crippen molar-refractivity contribution in [1.82, 2.24) is 15.3 Å². The van der Waals surface area contributed by atoms with Crippen LogP contribution in [0.3, 0.4) is 0 Å². The van der Waals surface area contributed by atoms with Crippen molar-refractivity contribution < 1.29 is 24.6 Å². The van der Waals surface area contributed by atoms with E-state index >= 15 is 0 Å². The van der Waals surface area contributed by atoms with E-state index in [2.05, 4.69) is 20.6 Å². The monoisotopic (exact) mass is 472 g/mol. The van der Waals surface area contributed by atoms with Gasteiger partial charge in [-0.15, -0.1) is 0 Å². The molecule has 3 rings (SSSR count). The number of aliphatic carboxylic acids is 2. The van der Waals surface area contributed by atoms with Gasteiger partial charge < -0.3 is 32.3 Å². The zero-order chi connectivity index (χ0) is 24.1. The van der Waals surface area contributed by atoms with Crippen LogP contribution in [0.25, 0.3) is 10.9 Å². The number of carbonyl (C=O) groups is 3. The van der Waals surface area contributed by atoms with Crippen LogP contribution in [0.2, 0.25) is 5.02 Å². The minimum Gasteiger partial charge on any atom is -0.481 e. The molecule has 33 heavy (non-hydrogen) atoms. The van der Waals surface area contributed by atoms with Crippen LogP contribution in [0.5, 0.6) is 0 Å². The van der Waals surface area contributed by atoms with Crippen LogP contribution in [-0.2, 0) is 16.1 Å². The maximum atomic E-state index is 12.3. The van der Waals surface area contributed by atoms with Gasteiger partial charge >= 0.3 is 11.9 Å². The van der Waals surface area contributed by atoms with Gasteiger partial charge in [0.2, 0.25) is 5.95 Å². The second-order valence-electron chi connectivity index (χ2n) is 7.14. The lowest BCUT2D eigenvalue weighted by Crippen LogP contribution is -2.41. The molecule has 172 valence electrons. The molecule has 0 saturated heterocycles. The van der Waals surface area contributed by atoms with Crippen LogP contribution in [0, 0.1) is 0 Å². The molecule has 0 aliphatic heterocycles. The lowest BCUT2D eigenvalue weighted by Gasteiger charge is -2.14. The molecule has 1 atom stereocenters. The Bertz CT molecular complexity index is 1220. The fraction of sp³-hybridized carbons (Fsp3) is 0.190. The molecule has 0 spiro atoms. The summed E-state index contributed by atoms with van der Waals surface area (Å²) in [5.41, 5.74) is 13.7. The van der Waals surface area contributed by atoms with E-state index in [0.29, 0.717) is 28.2 Å². The number of hydrogen-bond donors (Lipinski definition) is 6. The predicted molar refractivity (Wildman–Crippen MR) is 123 cm³/mol. The molecule has 12 heteroatoms. The molecule has 0 aliphatic carbocycles. The topological polar surface area (TPSA) is 194 Å². The van der Waals surface area contributed by atoms with Crippen LogP contribution in [0.15, 0.2) is 36.4 Å². The third kappa shape index (κ3) is 5.77. The molecule has 2 aromatic carbocycles. The van der Waals surface area contributed by atoms with Crippen molar-refractivity contribution >= 4 is 57.8 Å². The summed E-state index contributed by atoms with van der Waals surface area (Å²) < 4.78 is 0. The first-order valence-corrected chi connectivity index (χ1v) is 10.1. The number of nitrogens with one attached hydrogen (secondary N) is 2. The largest absolute Gasteiger partial charge is 0.481 e. The van der Waals surface area contributed by atoms with Crippen molar-refractivity contribution in [2.75, 3.05) is 16.8 Å². The third-order valence-electron chi connectivity index (χ3n) is 4.80. The maximum Gasteiger partial charge on any atom is 0.326 e. The molecule has 1 aromatic heterocycles. The molecule has 1 amide bonds. The second kappa shape index (κ2) is 10.0. The maximum absolute atomic E-state index is 12.3. The van der Waals surface area contributed by atoms with Crippen LogP contribution in [0.1, 0.15) is 28.8 Å². The standard InChI is InChI=1S/C21H21ClN6O5/c22-17-13(6-5-12-16(17)18(23)28-21(24)27-12)25-9-10-1-3-11(4-2-10)19(31)26-14(20(32)33)7-8-15(29)30/h1-6,14,25H,7-9H2,(H,26,31)(H,29,30)(H,32,33)(H4,23,24,27,28)/t14-/m0/s1. The number of nitrogens with zero attached hydrogens (tertiary/aromatic N) is 2. The number of amides is 1. The number of rotatable bonds is 9. The van der Waals surface area contributed by atoms with Gasteiger partial charge in [0.25, 0.3) is 5.91 Å². The fourth-order valence-electron chi connectivity index (χ4n) is 3.10. The minimum atomic E-state index is -1.30. The number of fused-ring (bicyclic) bond motifs is 1. The number of carboxylic acids is 2. The first-order chi connectivity index (χ1) is 15.7. The highest BCUT2D eigenvalue weighted by Gasteiger charge is 2.21. The lowest BCUT2D eigenvalue weighted by molar-refractivity contribution is -0.140. The number of carboxylic acid groups (broad SMARTS) is 2. The summed E-state index contributed by atoms with van der Waals surface area (Å²) in [6.07, 6.45) is -0.586. The van der Waals surface area contributed by atoms with E-state index in [0.717, 1.165) is 5.56 Å². The number of anilines is 3. The Kier molecular flexibility index (Phi) is 7.13. The van der Waals surface area contributed by atoms with E-state index in [4.69, 9.17) is 28.2 Å². The SMILES string of the molecule is Nc1nc(N)c2c(Cl)c(NCc3ccc(C(=O)N[C@@H](CCC(=O)O)C(=O)O)cc3)ccc2n1. The highest BCUT2D eigenvalue weighted by molar-refractivity contribution is 6.39. The summed E-state index contributed by atoms with van der Waals surface area (Å²) >= 11 is 6.45. The van der Waals surface area contributed by atoms with Gasteiger partial charge in [-0.1, -0.05) is 23.7 Å². The molecular formula is C21H21ClN6O5. The summed E-state index contributed by atoms with van der Waals surface area (Å²) in [7, 11) is 0. The van der Waals surface area contributed by atoms with Crippen molar-refractivity contribution in [3.05, 3.63) is 52.5 Å². The number of nitrogen functional groups attached to an aromatic ring is 2. The van der Waals surface area contributed by atoms with Crippen LogP contribution < -0.4 is 22.1 Å². The smallest absolute Gasteiger partial charge is 0.326 e. The van der Waals surface area contributed by atoms with E-state index < -0.39 is 23.9 Å². The molecule has 1 heterocycles. The Hall–Kier alpha value is -4.12. The number of halogens is 1. The molecule has 0 radical (unpaired) electrons. The van der Waals surface area contributed by atoms with E-state index in [1.807, 2.05) is 0 Å². The Balaban J connectivity index is 1.66. The molecule has 8 N–H and O–H groups in total. The number of carbonyl (C=O) groups excluding carboxylic acids is 1. The minimum absolute atomic E-state index is 0.0532. The van der Waals surface area contributed by atoms with Crippen molar-refractivity contribution in [2.45, 2.75) is 25.4 Å². The average molecular weight is 473 g/mol. The van der Waals surface area contributed by atoms with Crippen LogP contribution in [-0.4, -0.2) is 44.1 Å². The summed E-state index contributed by atoms with van der Waals surface area (Å²) in [5.74, 6) is -2.83. The van der Waals surface area contributed by atoms with Gasteiger partial charge in [0.05, 0.1) is 21.6 Å². The average Bonchev–Trinajstić information content (AvgIpc) is 2.75. The zero-order valence-electron chi connectivity index (χ0n) is 17.2. The van der Waals surface area contributed by atoms with Gasteiger partial charge in [-0.2, -0.15) is 4.98 Å². The highest BCUT2D eigenvalue weighted by atomic mass is 35.5. The van der Waals surface area contributed by atoms with Gasteiger partial charge in [0.1, 0.15) is 11.9 Å². The van der Waals surface area contributed by atoms with Crippen LogP contribution in [0.4, 0.5) is 17.5 Å². The summed E-state index contributed by atoms with van der Waals surface area (Å²) in [4.78, 5) is 42.3. The Morgan fingerprint density at radius 1 is 1.03 bits per heavy atom. The normalized spacial score (nSPS) is 11.7. The Morgan fingerprint density at radius 3 is 2.36 bits per heavy atom. The Morgan fingerprint density at radius 2 is 1.73 bits per heavy atom. The first-order valence-electron chi connectivity index (χ1n) is 9.75. The molecular weight excluding hydrogens is 452 g/mol. The highest BCUT2D eigenvalue weighted by Crippen LogP contribution is 2.33. The number of benzene rings is 2. The van der Waals surface area contributed by atoms with E-state index in [-0.39, 0.29) is 30.2 Å². The number of nitrogens with two attached hydrogens (primary N) is 2. The zero-order valence-corrected chi connectivity index (χ0v) is 18.0. The van der Waals surface area contributed by atoms with Gasteiger partial charge in [0.15, 0.2) is 0 Å². The summed E-state index contributed by atoms with van der Waals surface area (Å²) in [6.45, 7) is 0.374. The number of hydrogen-bond acceptors (Lipinski definition) is 8. The molecule has 0 unspecified atom stereocenters. The third-order valence-corrected chi connectivity index (χ3v) is 5.19. The predicted octanol–water partition coefficient (Wildman–Crippen LogP) is 2.11. The first kappa shape index (κ1) is 23.5. The summed E-state index contributed by atoms with van der Waals surface area (Å²) in [5, 5.41) is 24.2. The second-order valence-corrected chi connectivity index (χ2v) is 7.51. The van der Waals surface area contributed by atoms with E-state index in [9.17, 15) is 19.5 Å². The lowest BCUT2D eigenvalue weighted by atomic mass is 10.1. The van der Waals surface area contributed by atoms with Gasteiger partial charge in [-0.25, -0.2) is 9.78 Å². The van der Waals surface area contributed by atoms with Gasteiger partial charge in [0, 0.05) is 18.5 Å². The quantitative estimate of drug-likeness (QED) is 0.268. The summed E-state index contributed by atoms with van der Waals surface area (Å²) in [6, 6.07) is 8.63. The molecule has 11 nitrogen and oxygen atoms in total. The van der Waals surface area contributed by atoms with Crippen LogP contribution >= 0.6 is 11.6 Å².